The SMILES string of the molecule is COC(=O)C1=CN2CCc3c([nH]c4ccc(OC)cc34)[C@@H]2[C@@H]2[C@@H](C)[C@@H](O)C[C@H]12. The van der Waals surface area contributed by atoms with Crippen LogP contribution in [0.5, 0.6) is 5.75 Å². The van der Waals surface area contributed by atoms with Gasteiger partial charge in [-0.2, -0.15) is 0 Å². The normalized spacial score (nSPS) is 31.1. The number of rotatable bonds is 2. The van der Waals surface area contributed by atoms with Crippen LogP contribution in [0.25, 0.3) is 10.9 Å². The molecule has 6 heteroatoms. The second-order valence-corrected chi connectivity index (χ2v) is 8.28. The average molecular weight is 382 g/mol. The van der Waals surface area contributed by atoms with Crippen LogP contribution < -0.4 is 4.74 Å². The van der Waals surface area contributed by atoms with Crippen LogP contribution in [0.3, 0.4) is 0 Å². The van der Waals surface area contributed by atoms with Crippen LogP contribution in [0.1, 0.15) is 30.6 Å². The molecule has 3 heterocycles. The Bertz CT molecular complexity index is 978. The van der Waals surface area contributed by atoms with E-state index >= 15 is 0 Å². The van der Waals surface area contributed by atoms with Crippen molar-refractivity contribution in [1.82, 2.24) is 9.88 Å². The predicted molar refractivity (Wildman–Crippen MR) is 105 cm³/mol. The van der Waals surface area contributed by atoms with Gasteiger partial charge < -0.3 is 24.5 Å². The van der Waals surface area contributed by atoms with E-state index in [-0.39, 0.29) is 29.8 Å². The second kappa shape index (κ2) is 6.27. The lowest BCUT2D eigenvalue weighted by Crippen LogP contribution is -2.44. The lowest BCUT2D eigenvalue weighted by atomic mass is 9.74. The number of aromatic amines is 1. The monoisotopic (exact) mass is 382 g/mol. The summed E-state index contributed by atoms with van der Waals surface area (Å²) < 4.78 is 10.5. The Morgan fingerprint density at radius 1 is 1.32 bits per heavy atom. The average Bonchev–Trinajstić information content (AvgIpc) is 3.23. The first-order valence-corrected chi connectivity index (χ1v) is 9.95. The number of aromatic nitrogens is 1. The fourth-order valence-corrected chi connectivity index (χ4v) is 5.69. The molecule has 0 saturated heterocycles. The number of aliphatic hydroxyl groups excluding tert-OH is 1. The van der Waals surface area contributed by atoms with Crippen molar-refractivity contribution in [3.8, 4) is 5.75 Å². The van der Waals surface area contributed by atoms with E-state index in [9.17, 15) is 9.90 Å². The molecule has 1 saturated carbocycles. The number of carbonyl (C=O) groups is 1. The molecular weight excluding hydrogens is 356 g/mol. The van der Waals surface area contributed by atoms with Crippen LogP contribution in [0, 0.1) is 17.8 Å². The van der Waals surface area contributed by atoms with Gasteiger partial charge in [-0.15, -0.1) is 0 Å². The lowest BCUT2D eigenvalue weighted by molar-refractivity contribution is -0.137. The third-order valence-electron chi connectivity index (χ3n) is 7.08. The lowest BCUT2D eigenvalue weighted by Gasteiger charge is -2.46. The van der Waals surface area contributed by atoms with Crippen LogP contribution in [0.15, 0.2) is 30.0 Å². The van der Waals surface area contributed by atoms with Crippen molar-refractivity contribution in [1.29, 1.82) is 0 Å². The Morgan fingerprint density at radius 3 is 2.89 bits per heavy atom. The van der Waals surface area contributed by atoms with E-state index in [1.165, 1.54) is 23.8 Å². The number of nitrogens with one attached hydrogen (secondary N) is 1. The van der Waals surface area contributed by atoms with E-state index in [1.807, 2.05) is 12.3 Å². The first-order chi connectivity index (χ1) is 13.5. The number of nitrogens with zero attached hydrogens (tertiary/aromatic N) is 1. The van der Waals surface area contributed by atoms with Gasteiger partial charge in [-0.05, 0) is 48.4 Å². The number of hydrogen-bond donors (Lipinski definition) is 2. The quantitative estimate of drug-likeness (QED) is 0.782. The van der Waals surface area contributed by atoms with E-state index in [1.54, 1.807) is 7.11 Å². The summed E-state index contributed by atoms with van der Waals surface area (Å²) in [6.45, 7) is 2.95. The second-order valence-electron chi connectivity index (χ2n) is 8.28. The third kappa shape index (κ3) is 2.33. The summed E-state index contributed by atoms with van der Waals surface area (Å²) in [5.74, 6) is 0.879. The van der Waals surface area contributed by atoms with Gasteiger partial charge in [-0.1, -0.05) is 6.92 Å². The molecule has 2 aromatic rings. The van der Waals surface area contributed by atoms with Crippen molar-refractivity contribution in [2.45, 2.75) is 31.9 Å². The Labute approximate surface area is 164 Å². The van der Waals surface area contributed by atoms with E-state index in [0.29, 0.717) is 12.0 Å². The van der Waals surface area contributed by atoms with Crippen LogP contribution in [-0.2, 0) is 16.0 Å². The number of aliphatic hydroxyl groups is 1. The number of methoxy groups -OCH3 is 2. The smallest absolute Gasteiger partial charge is 0.335 e. The van der Waals surface area contributed by atoms with Crippen LogP contribution >= 0.6 is 0 Å². The van der Waals surface area contributed by atoms with Gasteiger partial charge in [0.2, 0.25) is 0 Å². The van der Waals surface area contributed by atoms with Gasteiger partial charge in [0.25, 0.3) is 0 Å². The Kier molecular flexibility index (Phi) is 3.95. The molecule has 6 nitrogen and oxygen atoms in total. The van der Waals surface area contributed by atoms with Crippen molar-refractivity contribution in [2.24, 2.45) is 17.8 Å². The molecule has 1 aliphatic carbocycles. The van der Waals surface area contributed by atoms with Gasteiger partial charge in [0.05, 0.1) is 31.9 Å². The van der Waals surface area contributed by atoms with Crippen molar-refractivity contribution < 1.29 is 19.4 Å². The summed E-state index contributed by atoms with van der Waals surface area (Å²) in [5, 5.41) is 11.8. The minimum Gasteiger partial charge on any atom is -0.497 e. The molecule has 1 aromatic heterocycles. The van der Waals surface area contributed by atoms with Gasteiger partial charge in [-0.3, -0.25) is 0 Å². The molecule has 3 aliphatic rings. The topological polar surface area (TPSA) is 74.8 Å². The van der Waals surface area contributed by atoms with Crippen molar-refractivity contribution >= 4 is 16.9 Å². The maximum atomic E-state index is 12.4. The molecule has 1 fully saturated rings. The van der Waals surface area contributed by atoms with Gasteiger partial charge in [0, 0.05) is 35.3 Å². The van der Waals surface area contributed by atoms with Crippen molar-refractivity contribution in [3.63, 3.8) is 0 Å². The fourth-order valence-electron chi connectivity index (χ4n) is 5.69. The first kappa shape index (κ1) is 17.6. The number of hydrogen-bond acceptors (Lipinski definition) is 5. The maximum Gasteiger partial charge on any atom is 0.335 e. The molecule has 5 rings (SSSR count). The standard InChI is InChI=1S/C22H26N2O4/c1-11-18(25)9-15-16(22(26)28-3)10-24-7-6-13-14-8-12(27-2)4-5-17(14)23-20(13)21(24)19(11)15/h4-5,8,10-11,15,18-19,21,23,25H,6-7,9H2,1-3H3/t11-,15+,18-,19+,21-/m0/s1. The molecule has 2 aliphatic heterocycles. The molecule has 0 amide bonds. The highest BCUT2D eigenvalue weighted by atomic mass is 16.5. The fraction of sp³-hybridized carbons (Fsp3) is 0.500. The zero-order valence-corrected chi connectivity index (χ0v) is 16.4. The molecule has 0 radical (unpaired) electrons. The largest absolute Gasteiger partial charge is 0.497 e. The van der Waals surface area contributed by atoms with E-state index in [0.717, 1.165) is 24.2 Å². The van der Waals surface area contributed by atoms with Crippen LogP contribution in [-0.4, -0.2) is 47.8 Å². The number of esters is 1. The van der Waals surface area contributed by atoms with E-state index < -0.39 is 6.10 Å². The Morgan fingerprint density at radius 2 is 2.14 bits per heavy atom. The molecule has 2 N–H and O–H groups in total. The highest BCUT2D eigenvalue weighted by Crippen LogP contribution is 2.54. The number of carbonyl (C=O) groups excluding carboxylic acids is 1. The highest BCUT2D eigenvalue weighted by molar-refractivity contribution is 5.90. The molecular formula is C22H26N2O4. The Balaban J connectivity index is 1.66. The minimum atomic E-state index is -0.405. The summed E-state index contributed by atoms with van der Waals surface area (Å²) in [6.07, 6.45) is 3.09. The predicted octanol–water partition coefficient (Wildman–Crippen LogP) is 2.78. The molecule has 0 unspecified atom stereocenters. The minimum absolute atomic E-state index is 0.0191. The zero-order valence-electron chi connectivity index (χ0n) is 16.4. The number of ether oxygens (including phenoxy) is 2. The van der Waals surface area contributed by atoms with Crippen LogP contribution in [0.2, 0.25) is 0 Å². The molecule has 0 spiro atoms. The summed E-state index contributed by atoms with van der Waals surface area (Å²) in [6, 6.07) is 6.28. The van der Waals surface area contributed by atoms with Crippen molar-refractivity contribution in [2.75, 3.05) is 20.8 Å². The maximum absolute atomic E-state index is 12.4. The molecule has 1 aromatic carbocycles. The molecule has 0 bridgehead atoms. The number of benzene rings is 1. The van der Waals surface area contributed by atoms with Crippen molar-refractivity contribution in [3.05, 3.63) is 41.2 Å². The summed E-state index contributed by atoms with van der Waals surface area (Å²) in [5.41, 5.74) is 4.36. The number of fused-ring (bicyclic) bond motifs is 7. The van der Waals surface area contributed by atoms with Gasteiger partial charge in [0.15, 0.2) is 0 Å². The third-order valence-corrected chi connectivity index (χ3v) is 7.08. The number of H-pyrrole nitrogens is 1. The van der Waals surface area contributed by atoms with Gasteiger partial charge >= 0.3 is 5.97 Å². The van der Waals surface area contributed by atoms with Gasteiger partial charge in [-0.25, -0.2) is 4.79 Å². The molecule has 148 valence electrons. The highest BCUT2D eigenvalue weighted by Gasteiger charge is 2.53. The van der Waals surface area contributed by atoms with E-state index in [4.69, 9.17) is 9.47 Å². The van der Waals surface area contributed by atoms with Crippen LogP contribution in [0.4, 0.5) is 0 Å². The first-order valence-electron chi connectivity index (χ1n) is 9.95. The molecule has 28 heavy (non-hydrogen) atoms. The summed E-state index contributed by atoms with van der Waals surface area (Å²) in [7, 11) is 3.12. The zero-order chi connectivity index (χ0) is 19.6. The summed E-state index contributed by atoms with van der Waals surface area (Å²) >= 11 is 0. The Hall–Kier alpha value is -2.47. The van der Waals surface area contributed by atoms with Gasteiger partial charge in [0.1, 0.15) is 5.75 Å². The summed E-state index contributed by atoms with van der Waals surface area (Å²) in [4.78, 5) is 18.4. The van der Waals surface area contributed by atoms with E-state index in [2.05, 4.69) is 28.9 Å². The molecule has 5 atom stereocenters.